The first-order chi connectivity index (χ1) is 10.2. The normalized spacial score (nSPS) is 27.3. The second kappa shape index (κ2) is 4.90. The number of ether oxygens (including phenoxy) is 2. The van der Waals surface area contributed by atoms with Crippen LogP contribution < -0.4 is 5.32 Å². The SMILES string of the molecule is CC(C)c1ccc2c(c1)C1OCOC1C(c1ccco1)N2. The molecule has 4 rings (SSSR count). The number of hydrogen-bond donors (Lipinski definition) is 1. The minimum absolute atomic E-state index is 0.00935. The molecule has 2 aromatic rings. The highest BCUT2D eigenvalue weighted by molar-refractivity contribution is 5.58. The van der Waals surface area contributed by atoms with Gasteiger partial charge < -0.3 is 19.2 Å². The van der Waals surface area contributed by atoms with Crippen LogP contribution in [0.3, 0.4) is 0 Å². The van der Waals surface area contributed by atoms with E-state index in [1.807, 2.05) is 12.1 Å². The molecule has 4 nitrogen and oxygen atoms in total. The van der Waals surface area contributed by atoms with E-state index in [0.717, 1.165) is 11.4 Å². The standard InChI is InChI=1S/C17H19NO3/c1-10(2)11-5-6-13-12(8-11)16-17(21-9-20-16)15(18-13)14-4-3-7-19-14/h3-8,10,15-18H,9H2,1-2H3. The zero-order chi connectivity index (χ0) is 14.4. The third-order valence-corrected chi connectivity index (χ3v) is 4.34. The summed E-state index contributed by atoms with van der Waals surface area (Å²) >= 11 is 0. The molecule has 1 fully saturated rings. The second-order valence-corrected chi connectivity index (χ2v) is 5.98. The summed E-state index contributed by atoms with van der Waals surface area (Å²) < 4.78 is 17.2. The van der Waals surface area contributed by atoms with Gasteiger partial charge in [0.05, 0.1) is 6.26 Å². The van der Waals surface area contributed by atoms with Crippen molar-refractivity contribution in [2.24, 2.45) is 0 Å². The van der Waals surface area contributed by atoms with Gasteiger partial charge in [0, 0.05) is 11.3 Å². The average molecular weight is 285 g/mol. The van der Waals surface area contributed by atoms with E-state index in [2.05, 4.69) is 37.4 Å². The van der Waals surface area contributed by atoms with Crippen LogP contribution >= 0.6 is 0 Å². The molecule has 0 saturated carbocycles. The van der Waals surface area contributed by atoms with Crippen molar-refractivity contribution in [3.8, 4) is 0 Å². The largest absolute Gasteiger partial charge is 0.467 e. The Bertz CT molecular complexity index is 635. The van der Waals surface area contributed by atoms with Crippen molar-refractivity contribution in [1.29, 1.82) is 0 Å². The van der Waals surface area contributed by atoms with Crippen LogP contribution in [-0.4, -0.2) is 12.9 Å². The van der Waals surface area contributed by atoms with Crippen LogP contribution in [0.2, 0.25) is 0 Å². The van der Waals surface area contributed by atoms with Gasteiger partial charge in [-0.05, 0) is 29.7 Å². The van der Waals surface area contributed by atoms with Crippen LogP contribution in [-0.2, 0) is 9.47 Å². The molecule has 0 spiro atoms. The Kier molecular flexibility index (Phi) is 3.01. The van der Waals surface area contributed by atoms with E-state index >= 15 is 0 Å². The summed E-state index contributed by atoms with van der Waals surface area (Å²) in [5.74, 6) is 1.38. The van der Waals surface area contributed by atoms with Crippen molar-refractivity contribution >= 4 is 5.69 Å². The quantitative estimate of drug-likeness (QED) is 0.906. The summed E-state index contributed by atoms with van der Waals surface area (Å²) in [6, 6.07) is 10.4. The molecule has 1 aromatic heterocycles. The van der Waals surface area contributed by atoms with Gasteiger partial charge in [-0.2, -0.15) is 0 Å². The van der Waals surface area contributed by atoms with Gasteiger partial charge >= 0.3 is 0 Å². The molecule has 3 atom stereocenters. The minimum atomic E-state index is -0.0499. The molecule has 21 heavy (non-hydrogen) atoms. The zero-order valence-electron chi connectivity index (χ0n) is 12.2. The number of benzene rings is 1. The number of hydrogen-bond acceptors (Lipinski definition) is 4. The monoisotopic (exact) mass is 285 g/mol. The summed E-state index contributed by atoms with van der Waals surface area (Å²) in [6.07, 6.45) is 1.61. The third kappa shape index (κ3) is 2.06. The fraction of sp³-hybridized carbons (Fsp3) is 0.412. The second-order valence-electron chi connectivity index (χ2n) is 5.98. The Labute approximate surface area is 124 Å². The lowest BCUT2D eigenvalue weighted by molar-refractivity contribution is 0.0356. The predicted molar refractivity (Wildman–Crippen MR) is 79.2 cm³/mol. The molecule has 0 bridgehead atoms. The Hall–Kier alpha value is -1.78. The molecule has 1 aromatic carbocycles. The summed E-state index contributed by atoms with van der Waals surface area (Å²) in [7, 11) is 0. The maximum atomic E-state index is 5.84. The number of rotatable bonds is 2. The Morgan fingerprint density at radius 1 is 1.19 bits per heavy atom. The van der Waals surface area contributed by atoms with Crippen molar-refractivity contribution in [1.82, 2.24) is 0 Å². The Morgan fingerprint density at radius 2 is 2.10 bits per heavy atom. The molecule has 0 aliphatic carbocycles. The number of fused-ring (bicyclic) bond motifs is 3. The minimum Gasteiger partial charge on any atom is -0.467 e. The van der Waals surface area contributed by atoms with Gasteiger partial charge in [0.1, 0.15) is 30.8 Å². The molecule has 110 valence electrons. The van der Waals surface area contributed by atoms with E-state index in [9.17, 15) is 0 Å². The summed E-state index contributed by atoms with van der Waals surface area (Å²) in [5.41, 5.74) is 3.61. The fourth-order valence-corrected chi connectivity index (χ4v) is 3.17. The van der Waals surface area contributed by atoms with Crippen LogP contribution in [0.4, 0.5) is 5.69 Å². The van der Waals surface area contributed by atoms with Gasteiger partial charge in [0.2, 0.25) is 0 Å². The lowest BCUT2D eigenvalue weighted by Gasteiger charge is -2.34. The van der Waals surface area contributed by atoms with Gasteiger partial charge in [-0.25, -0.2) is 0 Å². The predicted octanol–water partition coefficient (Wildman–Crippen LogP) is 3.98. The molecule has 2 aliphatic rings. The maximum absolute atomic E-state index is 5.84. The molecule has 3 heterocycles. The van der Waals surface area contributed by atoms with E-state index in [1.54, 1.807) is 6.26 Å². The molecular formula is C17H19NO3. The summed E-state index contributed by atoms with van der Waals surface area (Å²) in [4.78, 5) is 0. The topological polar surface area (TPSA) is 43.6 Å². The molecule has 1 saturated heterocycles. The number of anilines is 1. The van der Waals surface area contributed by atoms with Crippen LogP contribution in [0.1, 0.15) is 48.8 Å². The summed E-state index contributed by atoms with van der Waals surface area (Å²) in [6.45, 7) is 4.74. The average Bonchev–Trinajstić information content (AvgIpc) is 3.17. The lowest BCUT2D eigenvalue weighted by Crippen LogP contribution is -2.34. The van der Waals surface area contributed by atoms with E-state index in [1.165, 1.54) is 11.1 Å². The van der Waals surface area contributed by atoms with Crippen molar-refractivity contribution in [2.45, 2.75) is 38.0 Å². The van der Waals surface area contributed by atoms with E-state index in [-0.39, 0.29) is 18.2 Å². The van der Waals surface area contributed by atoms with Gasteiger partial charge in [-0.1, -0.05) is 26.0 Å². The molecule has 0 amide bonds. The van der Waals surface area contributed by atoms with Crippen molar-refractivity contribution < 1.29 is 13.9 Å². The van der Waals surface area contributed by atoms with E-state index in [4.69, 9.17) is 13.9 Å². The first-order valence-electron chi connectivity index (χ1n) is 7.41. The highest BCUT2D eigenvalue weighted by Crippen LogP contribution is 2.46. The Balaban J connectivity index is 1.77. The smallest absolute Gasteiger partial charge is 0.148 e. The van der Waals surface area contributed by atoms with Crippen molar-refractivity contribution in [3.63, 3.8) is 0 Å². The maximum Gasteiger partial charge on any atom is 0.148 e. The highest BCUT2D eigenvalue weighted by atomic mass is 16.7. The zero-order valence-corrected chi connectivity index (χ0v) is 12.2. The van der Waals surface area contributed by atoms with Gasteiger partial charge in [-0.3, -0.25) is 0 Å². The molecule has 2 aliphatic heterocycles. The molecule has 4 heteroatoms. The van der Waals surface area contributed by atoms with Crippen LogP contribution in [0.5, 0.6) is 0 Å². The fourth-order valence-electron chi connectivity index (χ4n) is 3.17. The van der Waals surface area contributed by atoms with Crippen molar-refractivity contribution in [2.75, 3.05) is 12.1 Å². The number of nitrogens with one attached hydrogen (secondary N) is 1. The molecular weight excluding hydrogens is 266 g/mol. The van der Waals surface area contributed by atoms with Gasteiger partial charge in [-0.15, -0.1) is 0 Å². The van der Waals surface area contributed by atoms with Crippen LogP contribution in [0.25, 0.3) is 0 Å². The van der Waals surface area contributed by atoms with Crippen LogP contribution in [0.15, 0.2) is 41.0 Å². The van der Waals surface area contributed by atoms with Crippen LogP contribution in [0, 0.1) is 0 Å². The molecule has 3 unspecified atom stereocenters. The first-order valence-corrected chi connectivity index (χ1v) is 7.41. The van der Waals surface area contributed by atoms with Gasteiger partial charge in [0.25, 0.3) is 0 Å². The van der Waals surface area contributed by atoms with Gasteiger partial charge in [0.15, 0.2) is 0 Å². The van der Waals surface area contributed by atoms with E-state index < -0.39 is 0 Å². The van der Waals surface area contributed by atoms with E-state index in [0.29, 0.717) is 12.7 Å². The molecule has 0 radical (unpaired) electrons. The lowest BCUT2D eigenvalue weighted by atomic mass is 9.88. The third-order valence-electron chi connectivity index (χ3n) is 4.34. The van der Waals surface area contributed by atoms with Crippen molar-refractivity contribution in [3.05, 3.63) is 53.5 Å². The number of furan rings is 1. The first kappa shape index (κ1) is 12.9. The molecule has 1 N–H and O–H groups in total. The Morgan fingerprint density at radius 3 is 2.86 bits per heavy atom. The summed E-state index contributed by atoms with van der Waals surface area (Å²) in [5, 5.41) is 3.54. The highest BCUT2D eigenvalue weighted by Gasteiger charge is 2.43.